The van der Waals surface area contributed by atoms with Crippen molar-refractivity contribution in [3.8, 4) is 5.69 Å². The maximum absolute atomic E-state index is 11.7. The third-order valence-electron chi connectivity index (χ3n) is 2.71. The molecule has 0 saturated carbocycles. The van der Waals surface area contributed by atoms with E-state index in [1.54, 1.807) is 4.68 Å². The molecule has 1 N–H and O–H groups in total. The van der Waals surface area contributed by atoms with Crippen molar-refractivity contribution in [2.75, 3.05) is 0 Å². The van der Waals surface area contributed by atoms with Gasteiger partial charge in [0.25, 0.3) is 5.91 Å². The number of nitrogens with one attached hydrogen (secondary N) is 1. The number of aromatic nitrogens is 2. The Kier molecular flexibility index (Phi) is 2.52. The molecular weight excluding hydrogens is 298 g/mol. The number of imide groups is 1. The molecule has 90 valence electrons. The molecule has 2 heterocycles. The molecule has 2 amide bonds. The summed E-state index contributed by atoms with van der Waals surface area (Å²) >= 11 is 3.36. The van der Waals surface area contributed by atoms with Gasteiger partial charge < -0.3 is 0 Å². The molecule has 1 aliphatic heterocycles. The number of benzene rings is 1. The molecule has 3 rings (SSSR count). The van der Waals surface area contributed by atoms with E-state index in [9.17, 15) is 9.59 Å². The minimum Gasteiger partial charge on any atom is -0.292 e. The summed E-state index contributed by atoms with van der Waals surface area (Å²) < 4.78 is 2.18. The van der Waals surface area contributed by atoms with Crippen LogP contribution in [0, 0.1) is 0 Å². The predicted molar refractivity (Wildman–Crippen MR) is 67.4 cm³/mol. The molecule has 0 aliphatic carbocycles. The first-order chi connectivity index (χ1) is 8.66. The second-order valence-corrected chi connectivity index (χ2v) is 4.67. The van der Waals surface area contributed by atoms with Crippen LogP contribution in [-0.4, -0.2) is 21.6 Å². The van der Waals surface area contributed by atoms with Crippen LogP contribution < -0.4 is 5.32 Å². The third kappa shape index (κ3) is 1.65. The van der Waals surface area contributed by atoms with E-state index in [4.69, 9.17) is 0 Å². The summed E-state index contributed by atoms with van der Waals surface area (Å²) in [6, 6.07) is 9.42. The minimum absolute atomic E-state index is 0.125. The normalized spacial score (nSPS) is 14.3. The Bertz CT molecular complexity index is 649. The molecule has 5 nitrogen and oxygen atoms in total. The number of amides is 2. The fraction of sp³-hybridized carbons (Fsp3) is 0.0833. The average molecular weight is 306 g/mol. The quantitative estimate of drug-likeness (QED) is 0.811. The van der Waals surface area contributed by atoms with Crippen LogP contribution in [0.25, 0.3) is 5.69 Å². The number of para-hydroxylation sites is 1. The Hall–Kier alpha value is -1.95. The summed E-state index contributed by atoms with van der Waals surface area (Å²) in [6.45, 7) is 0. The Morgan fingerprint density at radius 3 is 2.67 bits per heavy atom. The molecule has 0 atom stereocenters. The molecule has 0 unspecified atom stereocenters. The number of halogens is 1. The van der Waals surface area contributed by atoms with Crippen LogP contribution >= 0.6 is 15.9 Å². The lowest BCUT2D eigenvalue weighted by Gasteiger charge is -2.08. The lowest BCUT2D eigenvalue weighted by molar-refractivity contribution is -0.119. The summed E-state index contributed by atoms with van der Waals surface area (Å²) in [4.78, 5) is 23.0. The highest BCUT2D eigenvalue weighted by atomic mass is 79.9. The van der Waals surface area contributed by atoms with Gasteiger partial charge in [-0.3, -0.25) is 14.9 Å². The lowest BCUT2D eigenvalue weighted by Crippen LogP contribution is -2.36. The molecular formula is C12H8BrN3O2. The first-order valence-electron chi connectivity index (χ1n) is 5.34. The van der Waals surface area contributed by atoms with E-state index in [2.05, 4.69) is 26.3 Å². The van der Waals surface area contributed by atoms with E-state index >= 15 is 0 Å². The van der Waals surface area contributed by atoms with Gasteiger partial charge in [-0.05, 0) is 28.1 Å². The van der Waals surface area contributed by atoms with Crippen molar-refractivity contribution in [2.45, 2.75) is 6.42 Å². The molecule has 1 aliphatic rings. The summed E-state index contributed by atoms with van der Waals surface area (Å²) in [7, 11) is 0. The monoisotopic (exact) mass is 305 g/mol. The van der Waals surface area contributed by atoms with Crippen molar-refractivity contribution in [3.05, 3.63) is 46.2 Å². The highest BCUT2D eigenvalue weighted by molar-refractivity contribution is 9.10. The van der Waals surface area contributed by atoms with Crippen LogP contribution in [-0.2, 0) is 11.2 Å². The van der Waals surface area contributed by atoms with Crippen LogP contribution in [0.1, 0.15) is 16.1 Å². The van der Waals surface area contributed by atoms with E-state index in [0.29, 0.717) is 15.9 Å². The number of nitrogens with zero attached hydrogens (tertiary/aromatic N) is 2. The molecule has 18 heavy (non-hydrogen) atoms. The lowest BCUT2D eigenvalue weighted by atomic mass is 10.1. The van der Waals surface area contributed by atoms with Crippen molar-refractivity contribution >= 4 is 27.7 Å². The zero-order valence-electron chi connectivity index (χ0n) is 9.18. The molecule has 1 aromatic carbocycles. The smallest absolute Gasteiger partial charge is 0.262 e. The van der Waals surface area contributed by atoms with Gasteiger partial charge in [-0.25, -0.2) is 4.68 Å². The second kappa shape index (κ2) is 4.06. The van der Waals surface area contributed by atoms with E-state index in [-0.39, 0.29) is 12.3 Å². The first-order valence-corrected chi connectivity index (χ1v) is 6.13. The van der Waals surface area contributed by atoms with Crippen LogP contribution in [0.2, 0.25) is 0 Å². The number of fused-ring (bicyclic) bond motifs is 1. The van der Waals surface area contributed by atoms with Gasteiger partial charge >= 0.3 is 0 Å². The highest BCUT2D eigenvalue weighted by Crippen LogP contribution is 2.26. The van der Waals surface area contributed by atoms with Crippen LogP contribution in [0.3, 0.4) is 0 Å². The van der Waals surface area contributed by atoms with Crippen molar-refractivity contribution in [2.24, 2.45) is 0 Å². The van der Waals surface area contributed by atoms with E-state index in [1.807, 2.05) is 30.3 Å². The van der Waals surface area contributed by atoms with E-state index in [1.165, 1.54) is 0 Å². The number of carbonyl (C=O) groups excluding carboxylic acids is 2. The van der Waals surface area contributed by atoms with Crippen molar-refractivity contribution < 1.29 is 9.59 Å². The molecule has 0 bridgehead atoms. The number of rotatable bonds is 1. The fourth-order valence-corrected chi connectivity index (χ4v) is 2.61. The largest absolute Gasteiger partial charge is 0.292 e. The minimum atomic E-state index is -0.407. The third-order valence-corrected chi connectivity index (χ3v) is 3.44. The zero-order valence-corrected chi connectivity index (χ0v) is 10.8. The van der Waals surface area contributed by atoms with Crippen molar-refractivity contribution in [3.63, 3.8) is 0 Å². The molecule has 1 aromatic heterocycles. The number of hydrogen-bond donors (Lipinski definition) is 1. The van der Waals surface area contributed by atoms with Gasteiger partial charge in [-0.15, -0.1) is 0 Å². The summed E-state index contributed by atoms with van der Waals surface area (Å²) in [5.41, 5.74) is 1.76. The molecule has 0 fully saturated rings. The van der Waals surface area contributed by atoms with Gasteiger partial charge in [0.15, 0.2) is 0 Å². The summed E-state index contributed by atoms with van der Waals surface area (Å²) in [6.07, 6.45) is 0.125. The maximum atomic E-state index is 11.7. The second-order valence-electron chi connectivity index (χ2n) is 3.91. The van der Waals surface area contributed by atoms with Gasteiger partial charge in [0.2, 0.25) is 5.91 Å². The van der Waals surface area contributed by atoms with Crippen LogP contribution in [0.5, 0.6) is 0 Å². The number of hydrogen-bond acceptors (Lipinski definition) is 3. The van der Waals surface area contributed by atoms with E-state index in [0.717, 1.165) is 5.69 Å². The Labute approximate surface area is 111 Å². The molecule has 0 radical (unpaired) electrons. The Morgan fingerprint density at radius 1 is 1.22 bits per heavy atom. The Morgan fingerprint density at radius 2 is 1.94 bits per heavy atom. The number of carbonyl (C=O) groups is 2. The highest BCUT2D eigenvalue weighted by Gasteiger charge is 2.29. The maximum Gasteiger partial charge on any atom is 0.262 e. The van der Waals surface area contributed by atoms with Gasteiger partial charge in [-0.1, -0.05) is 18.2 Å². The van der Waals surface area contributed by atoms with Crippen molar-refractivity contribution in [1.29, 1.82) is 0 Å². The van der Waals surface area contributed by atoms with Gasteiger partial charge in [0, 0.05) is 0 Å². The zero-order chi connectivity index (χ0) is 12.7. The SMILES string of the molecule is O=C1Cc2nn(-c3ccccc3)c(Br)c2C(=O)N1. The molecule has 0 spiro atoms. The van der Waals surface area contributed by atoms with Crippen LogP contribution in [0.15, 0.2) is 34.9 Å². The average Bonchev–Trinajstić information content (AvgIpc) is 2.67. The molecule has 0 saturated heterocycles. The Balaban J connectivity index is 2.18. The van der Waals surface area contributed by atoms with Gasteiger partial charge in [0.05, 0.1) is 23.4 Å². The topological polar surface area (TPSA) is 64.0 Å². The standard InChI is InChI=1S/C12H8BrN3O2/c13-11-10-8(6-9(17)14-12(10)18)15-16(11)7-4-2-1-3-5-7/h1-5H,6H2,(H,14,17,18). The molecule has 2 aromatic rings. The first kappa shape index (κ1) is 11.2. The van der Waals surface area contributed by atoms with Crippen molar-refractivity contribution in [1.82, 2.24) is 15.1 Å². The summed E-state index contributed by atoms with van der Waals surface area (Å²) in [5.74, 6) is -0.729. The van der Waals surface area contributed by atoms with E-state index < -0.39 is 5.91 Å². The summed E-state index contributed by atoms with van der Waals surface area (Å²) in [5, 5.41) is 6.59. The molecule has 6 heteroatoms. The van der Waals surface area contributed by atoms with Crippen LogP contribution in [0.4, 0.5) is 0 Å². The predicted octanol–water partition coefficient (Wildman–Crippen LogP) is 1.45. The fourth-order valence-electron chi connectivity index (χ4n) is 1.91. The van der Waals surface area contributed by atoms with Gasteiger partial charge in [0.1, 0.15) is 4.60 Å². The van der Waals surface area contributed by atoms with Gasteiger partial charge in [-0.2, -0.15) is 5.10 Å².